The largest absolute Gasteiger partial charge is 0.481 e. The maximum Gasteiger partial charge on any atom is 0.303 e. The van der Waals surface area contributed by atoms with Gasteiger partial charge in [-0.15, -0.1) is 0 Å². The summed E-state index contributed by atoms with van der Waals surface area (Å²) >= 11 is 0. The Labute approximate surface area is 90.8 Å². The number of carboxylic acids is 1. The molecular formula is C11H21NO3. The molecule has 1 saturated carbocycles. The first-order chi connectivity index (χ1) is 7.00. The minimum absolute atomic E-state index is 0.0635. The lowest BCUT2D eigenvalue weighted by Crippen LogP contribution is -2.44. The molecule has 1 aliphatic carbocycles. The van der Waals surface area contributed by atoms with Crippen LogP contribution in [0.15, 0.2) is 0 Å². The zero-order valence-corrected chi connectivity index (χ0v) is 9.53. The highest BCUT2D eigenvalue weighted by atomic mass is 16.5. The molecule has 0 saturated heterocycles. The highest BCUT2D eigenvalue weighted by Crippen LogP contribution is 2.42. The van der Waals surface area contributed by atoms with Gasteiger partial charge in [0.25, 0.3) is 0 Å². The van der Waals surface area contributed by atoms with Gasteiger partial charge in [0, 0.05) is 13.2 Å². The van der Waals surface area contributed by atoms with Gasteiger partial charge < -0.3 is 15.6 Å². The molecule has 1 rings (SSSR count). The Hall–Kier alpha value is -0.610. The summed E-state index contributed by atoms with van der Waals surface area (Å²) in [6.07, 6.45) is 4.02. The van der Waals surface area contributed by atoms with Gasteiger partial charge in [0.15, 0.2) is 0 Å². The predicted octanol–water partition coefficient (Wildman–Crippen LogP) is 1.38. The molecule has 1 aliphatic rings. The van der Waals surface area contributed by atoms with Crippen molar-refractivity contribution in [1.29, 1.82) is 0 Å². The van der Waals surface area contributed by atoms with Crippen LogP contribution in [0.5, 0.6) is 0 Å². The average molecular weight is 215 g/mol. The van der Waals surface area contributed by atoms with E-state index in [-0.39, 0.29) is 24.0 Å². The van der Waals surface area contributed by atoms with Crippen LogP contribution >= 0.6 is 0 Å². The summed E-state index contributed by atoms with van der Waals surface area (Å²) in [4.78, 5) is 10.8. The molecule has 4 nitrogen and oxygen atoms in total. The maximum absolute atomic E-state index is 10.8. The predicted molar refractivity (Wildman–Crippen MR) is 57.6 cm³/mol. The van der Waals surface area contributed by atoms with Crippen LogP contribution in [0.1, 0.15) is 39.0 Å². The summed E-state index contributed by atoms with van der Waals surface area (Å²) in [5.41, 5.74) is 5.71. The summed E-state index contributed by atoms with van der Waals surface area (Å²) in [6.45, 7) is 1.91. The van der Waals surface area contributed by atoms with E-state index in [0.29, 0.717) is 0 Å². The molecule has 3 N–H and O–H groups in total. The van der Waals surface area contributed by atoms with Gasteiger partial charge in [0.2, 0.25) is 0 Å². The molecule has 1 atom stereocenters. The number of aliphatic carboxylic acids is 1. The van der Waals surface area contributed by atoms with Crippen molar-refractivity contribution < 1.29 is 14.6 Å². The zero-order valence-electron chi connectivity index (χ0n) is 9.53. The van der Waals surface area contributed by atoms with Crippen molar-refractivity contribution in [1.82, 2.24) is 0 Å². The van der Waals surface area contributed by atoms with Gasteiger partial charge in [-0.2, -0.15) is 0 Å². The number of nitrogens with two attached hydrogens (primary N) is 1. The number of ether oxygens (including phenoxy) is 1. The normalized spacial score (nSPS) is 33.7. The second kappa shape index (κ2) is 4.94. The van der Waals surface area contributed by atoms with E-state index in [4.69, 9.17) is 15.6 Å². The Kier molecular flexibility index (Phi) is 4.11. The van der Waals surface area contributed by atoms with Gasteiger partial charge in [-0.3, -0.25) is 4.79 Å². The molecular weight excluding hydrogens is 194 g/mol. The smallest absolute Gasteiger partial charge is 0.303 e. The van der Waals surface area contributed by atoms with Gasteiger partial charge in [0.1, 0.15) is 0 Å². The molecule has 0 amide bonds. The number of rotatable bonds is 4. The van der Waals surface area contributed by atoms with E-state index >= 15 is 0 Å². The van der Waals surface area contributed by atoms with E-state index in [0.717, 1.165) is 25.7 Å². The van der Waals surface area contributed by atoms with Crippen molar-refractivity contribution >= 4 is 5.97 Å². The zero-order chi connectivity index (χ0) is 11.5. The molecule has 88 valence electrons. The van der Waals surface area contributed by atoms with Crippen molar-refractivity contribution in [2.24, 2.45) is 11.1 Å². The van der Waals surface area contributed by atoms with E-state index in [1.807, 2.05) is 6.92 Å². The van der Waals surface area contributed by atoms with Crippen LogP contribution < -0.4 is 5.73 Å². The molecule has 15 heavy (non-hydrogen) atoms. The third-order valence-electron chi connectivity index (χ3n) is 3.73. The quantitative estimate of drug-likeness (QED) is 0.743. The van der Waals surface area contributed by atoms with Crippen LogP contribution in [0.4, 0.5) is 0 Å². The van der Waals surface area contributed by atoms with Crippen LogP contribution in [0.25, 0.3) is 0 Å². The first kappa shape index (κ1) is 12.5. The first-order valence-electron chi connectivity index (χ1n) is 5.50. The van der Waals surface area contributed by atoms with Gasteiger partial charge >= 0.3 is 5.97 Å². The summed E-state index contributed by atoms with van der Waals surface area (Å²) in [5, 5.41) is 8.92. The molecule has 0 spiro atoms. The number of carboxylic acid groups (broad SMARTS) is 1. The minimum Gasteiger partial charge on any atom is -0.481 e. The summed E-state index contributed by atoms with van der Waals surface area (Å²) < 4.78 is 5.28. The molecule has 0 radical (unpaired) electrons. The fourth-order valence-corrected chi connectivity index (χ4v) is 2.50. The van der Waals surface area contributed by atoms with Gasteiger partial charge in [-0.25, -0.2) is 0 Å². The van der Waals surface area contributed by atoms with Crippen molar-refractivity contribution in [2.75, 3.05) is 7.11 Å². The number of hydrogen-bond donors (Lipinski definition) is 2. The molecule has 0 aromatic carbocycles. The van der Waals surface area contributed by atoms with Crippen molar-refractivity contribution in [3.63, 3.8) is 0 Å². The maximum atomic E-state index is 10.8. The highest BCUT2D eigenvalue weighted by molar-refractivity contribution is 5.67. The van der Waals surface area contributed by atoms with Crippen LogP contribution in [-0.4, -0.2) is 30.3 Å². The van der Waals surface area contributed by atoms with Crippen LogP contribution in [0.2, 0.25) is 0 Å². The molecule has 0 aromatic heterocycles. The lowest BCUT2D eigenvalue weighted by molar-refractivity contribution is -0.141. The van der Waals surface area contributed by atoms with E-state index in [2.05, 4.69) is 0 Å². The Morgan fingerprint density at radius 3 is 2.47 bits per heavy atom. The molecule has 1 unspecified atom stereocenters. The minimum atomic E-state index is -0.747. The number of carbonyl (C=O) groups is 1. The first-order valence-corrected chi connectivity index (χ1v) is 5.50. The summed E-state index contributed by atoms with van der Waals surface area (Å²) in [5.74, 6) is -0.747. The average Bonchev–Trinajstić information content (AvgIpc) is 2.17. The SMILES string of the molecule is COC1CCC(CC(=O)O)(C(C)N)CC1. The Balaban J connectivity index is 2.64. The van der Waals surface area contributed by atoms with Crippen LogP contribution in [0.3, 0.4) is 0 Å². The Morgan fingerprint density at radius 1 is 1.60 bits per heavy atom. The molecule has 1 fully saturated rings. The van der Waals surface area contributed by atoms with E-state index in [9.17, 15) is 4.79 Å². The Bertz CT molecular complexity index is 220. The topological polar surface area (TPSA) is 72.5 Å². The second-order valence-electron chi connectivity index (χ2n) is 4.66. The number of hydrogen-bond acceptors (Lipinski definition) is 3. The van der Waals surface area contributed by atoms with Gasteiger partial charge in [-0.1, -0.05) is 0 Å². The second-order valence-corrected chi connectivity index (χ2v) is 4.66. The number of methoxy groups -OCH3 is 1. The van der Waals surface area contributed by atoms with Gasteiger partial charge in [-0.05, 0) is 38.0 Å². The monoisotopic (exact) mass is 215 g/mol. The summed E-state index contributed by atoms with van der Waals surface area (Å²) in [7, 11) is 1.71. The molecule has 0 aromatic rings. The van der Waals surface area contributed by atoms with Crippen LogP contribution in [-0.2, 0) is 9.53 Å². The molecule has 0 bridgehead atoms. The van der Waals surface area contributed by atoms with E-state index in [1.165, 1.54) is 0 Å². The van der Waals surface area contributed by atoms with E-state index in [1.54, 1.807) is 7.11 Å². The van der Waals surface area contributed by atoms with Gasteiger partial charge in [0.05, 0.1) is 12.5 Å². The molecule has 0 aliphatic heterocycles. The lowest BCUT2D eigenvalue weighted by Gasteiger charge is -2.41. The third-order valence-corrected chi connectivity index (χ3v) is 3.73. The van der Waals surface area contributed by atoms with Crippen molar-refractivity contribution in [3.05, 3.63) is 0 Å². The molecule has 0 heterocycles. The fourth-order valence-electron chi connectivity index (χ4n) is 2.50. The van der Waals surface area contributed by atoms with Crippen molar-refractivity contribution in [3.8, 4) is 0 Å². The lowest BCUT2D eigenvalue weighted by atomic mass is 9.67. The fraction of sp³-hybridized carbons (Fsp3) is 0.909. The van der Waals surface area contributed by atoms with Crippen LogP contribution in [0, 0.1) is 5.41 Å². The van der Waals surface area contributed by atoms with Crippen molar-refractivity contribution in [2.45, 2.75) is 51.2 Å². The third kappa shape index (κ3) is 2.92. The highest BCUT2D eigenvalue weighted by Gasteiger charge is 2.40. The molecule has 4 heteroatoms. The van der Waals surface area contributed by atoms with E-state index < -0.39 is 5.97 Å². The Morgan fingerprint density at radius 2 is 2.13 bits per heavy atom. The summed E-state index contributed by atoms with van der Waals surface area (Å²) in [6, 6.07) is -0.0635. The standard InChI is InChI=1S/C11H21NO3/c1-8(12)11(7-10(13)14)5-3-9(15-2)4-6-11/h8-9H,3-7,12H2,1-2H3,(H,13,14).